The van der Waals surface area contributed by atoms with E-state index in [1.165, 1.54) is 0 Å². The Morgan fingerprint density at radius 1 is 0.853 bits per heavy atom. The van der Waals surface area contributed by atoms with E-state index >= 15 is 0 Å². The molecule has 3 rings (SSSR count). The summed E-state index contributed by atoms with van der Waals surface area (Å²) in [6.07, 6.45) is 5.67. The Hall–Kier alpha value is -0.870. The normalized spacial score (nSPS) is 31.6. The third-order valence-electron chi connectivity index (χ3n) is 8.20. The number of hydrogen-bond acceptors (Lipinski definition) is 5. The molecule has 1 N–H and O–H groups in total. The summed E-state index contributed by atoms with van der Waals surface area (Å²) in [6, 6.07) is 7.21. The Bertz CT molecular complexity index is 787. The van der Waals surface area contributed by atoms with Crippen molar-refractivity contribution in [1.82, 2.24) is 0 Å². The molecule has 34 heavy (non-hydrogen) atoms. The molecule has 7 atom stereocenters. The van der Waals surface area contributed by atoms with E-state index in [-0.39, 0.29) is 12.2 Å². The van der Waals surface area contributed by atoms with Crippen molar-refractivity contribution in [3.05, 3.63) is 29.8 Å². The highest BCUT2D eigenvalue weighted by atomic mass is 31.2. The summed E-state index contributed by atoms with van der Waals surface area (Å²) in [5.74, 6) is 1.51. The molecule has 1 aromatic carbocycles. The first kappa shape index (κ1) is 27.7. The van der Waals surface area contributed by atoms with Crippen LogP contribution in [0.2, 0.25) is 0 Å². The Labute approximate surface area is 207 Å². The first-order valence-electron chi connectivity index (χ1n) is 13.3. The zero-order chi connectivity index (χ0) is 25.0. The van der Waals surface area contributed by atoms with Crippen LogP contribution in [0.15, 0.2) is 24.3 Å². The summed E-state index contributed by atoms with van der Waals surface area (Å²) in [6.45, 7) is 13.3. The summed E-state index contributed by atoms with van der Waals surface area (Å²) in [5, 5.41) is 11.6. The van der Waals surface area contributed by atoms with Crippen LogP contribution in [0.4, 0.5) is 0 Å². The van der Waals surface area contributed by atoms with Crippen LogP contribution in [-0.2, 0) is 13.6 Å². The fourth-order valence-electron chi connectivity index (χ4n) is 6.04. The zero-order valence-electron chi connectivity index (χ0n) is 22.3. The van der Waals surface area contributed by atoms with Crippen LogP contribution in [0.3, 0.4) is 0 Å². The molecule has 0 bridgehead atoms. The molecule has 0 saturated heterocycles. The maximum Gasteiger partial charge on any atom is 0.364 e. The van der Waals surface area contributed by atoms with Gasteiger partial charge in [-0.2, -0.15) is 0 Å². The minimum absolute atomic E-state index is 0.197. The van der Waals surface area contributed by atoms with Gasteiger partial charge >= 0.3 is 7.60 Å². The van der Waals surface area contributed by atoms with E-state index < -0.39 is 13.4 Å². The van der Waals surface area contributed by atoms with Crippen LogP contribution >= 0.6 is 7.60 Å². The van der Waals surface area contributed by atoms with Crippen molar-refractivity contribution >= 4 is 7.60 Å². The first-order chi connectivity index (χ1) is 16.1. The number of aliphatic hydroxyl groups is 1. The van der Waals surface area contributed by atoms with Crippen molar-refractivity contribution in [2.75, 3.05) is 7.11 Å². The third-order valence-corrected chi connectivity index (χ3v) is 10.2. The quantitative estimate of drug-likeness (QED) is 0.354. The minimum atomic E-state index is -3.94. The molecular weight excluding hydrogens is 447 g/mol. The van der Waals surface area contributed by atoms with Gasteiger partial charge < -0.3 is 18.9 Å². The lowest BCUT2D eigenvalue weighted by molar-refractivity contribution is -0.0155. The molecule has 0 aromatic heterocycles. The standard InChI is InChI=1S/C28H47O5P/c1-18(2)22-14-12-20(5)16-26(22)32-34(30,28(29)24-10-8-9-11-25(24)31-7)33-27-17-21(6)13-15-23(27)19(3)4/h8-11,18-23,26-29H,12-17H2,1-7H3/t20-,21-,22+,23+,26-,27-,28+/m1/s1. The molecule has 5 nitrogen and oxygen atoms in total. The smallest absolute Gasteiger partial charge is 0.364 e. The van der Waals surface area contributed by atoms with Gasteiger partial charge in [0.2, 0.25) is 0 Å². The van der Waals surface area contributed by atoms with Crippen LogP contribution in [-0.4, -0.2) is 24.4 Å². The summed E-state index contributed by atoms with van der Waals surface area (Å²) >= 11 is 0. The van der Waals surface area contributed by atoms with Gasteiger partial charge in [-0.15, -0.1) is 0 Å². The lowest BCUT2D eigenvalue weighted by atomic mass is 9.75. The van der Waals surface area contributed by atoms with Gasteiger partial charge in [0.25, 0.3) is 0 Å². The fourth-order valence-corrected chi connectivity index (χ4v) is 8.11. The van der Waals surface area contributed by atoms with Crippen LogP contribution in [0.25, 0.3) is 0 Å². The Morgan fingerprint density at radius 3 is 1.76 bits per heavy atom. The molecular formula is C28H47O5P. The molecule has 2 fully saturated rings. The molecule has 0 aliphatic heterocycles. The van der Waals surface area contributed by atoms with Gasteiger partial charge in [0, 0.05) is 5.56 Å². The molecule has 0 unspecified atom stereocenters. The highest BCUT2D eigenvalue weighted by Gasteiger charge is 2.47. The second-order valence-electron chi connectivity index (χ2n) is 11.6. The molecule has 2 saturated carbocycles. The number of ether oxygens (including phenoxy) is 1. The van der Waals surface area contributed by atoms with E-state index in [2.05, 4.69) is 41.5 Å². The van der Waals surface area contributed by atoms with E-state index in [1.54, 1.807) is 19.2 Å². The Balaban J connectivity index is 1.98. The molecule has 0 radical (unpaired) electrons. The van der Waals surface area contributed by atoms with Crippen molar-refractivity contribution in [2.45, 2.75) is 98.1 Å². The lowest BCUT2D eigenvalue weighted by Crippen LogP contribution is -2.37. The monoisotopic (exact) mass is 494 g/mol. The summed E-state index contributed by atoms with van der Waals surface area (Å²) < 4.78 is 33.3. The summed E-state index contributed by atoms with van der Waals surface area (Å²) in [7, 11) is -2.38. The van der Waals surface area contributed by atoms with Gasteiger partial charge in [-0.05, 0) is 67.3 Å². The second-order valence-corrected chi connectivity index (χ2v) is 13.6. The number of methoxy groups -OCH3 is 1. The first-order valence-corrected chi connectivity index (χ1v) is 14.9. The van der Waals surface area contributed by atoms with Crippen LogP contribution < -0.4 is 4.74 Å². The minimum Gasteiger partial charge on any atom is -0.496 e. The number of benzene rings is 1. The van der Waals surface area contributed by atoms with E-state index in [9.17, 15) is 9.67 Å². The molecule has 1 aromatic rings. The van der Waals surface area contributed by atoms with Crippen molar-refractivity contribution in [2.24, 2.45) is 35.5 Å². The molecule has 0 amide bonds. The van der Waals surface area contributed by atoms with Crippen molar-refractivity contribution in [1.29, 1.82) is 0 Å². The SMILES string of the molecule is COc1ccccc1[C@@H](O)P(=O)(O[C@@H]1C[C@H](C)CC[C@H]1C(C)C)O[C@@H]1C[C@H](C)CC[C@H]1C(C)C. The van der Waals surface area contributed by atoms with Crippen molar-refractivity contribution in [3.8, 4) is 5.75 Å². The van der Waals surface area contributed by atoms with Gasteiger partial charge in [-0.25, -0.2) is 0 Å². The predicted octanol–water partition coefficient (Wildman–Crippen LogP) is 7.83. The average molecular weight is 495 g/mol. The zero-order valence-corrected chi connectivity index (χ0v) is 23.2. The van der Waals surface area contributed by atoms with Crippen molar-refractivity contribution < 1.29 is 23.5 Å². The Morgan fingerprint density at radius 2 is 1.32 bits per heavy atom. The molecule has 0 heterocycles. The van der Waals surface area contributed by atoms with Crippen LogP contribution in [0, 0.1) is 35.5 Å². The van der Waals surface area contributed by atoms with E-state index in [0.717, 1.165) is 38.5 Å². The molecule has 2 aliphatic carbocycles. The maximum absolute atomic E-state index is 14.7. The van der Waals surface area contributed by atoms with E-state index in [0.29, 0.717) is 46.8 Å². The predicted molar refractivity (Wildman–Crippen MR) is 138 cm³/mol. The molecule has 6 heteroatoms. The van der Waals surface area contributed by atoms with Gasteiger partial charge in [0.15, 0.2) is 5.85 Å². The van der Waals surface area contributed by atoms with Gasteiger partial charge in [0.05, 0.1) is 19.3 Å². The fraction of sp³-hybridized carbons (Fsp3) is 0.786. The van der Waals surface area contributed by atoms with E-state index in [4.69, 9.17) is 13.8 Å². The highest BCUT2D eigenvalue weighted by Crippen LogP contribution is 2.65. The Kier molecular flexibility index (Phi) is 9.71. The topological polar surface area (TPSA) is 65.0 Å². The van der Waals surface area contributed by atoms with Gasteiger partial charge in [0.1, 0.15) is 5.75 Å². The second kappa shape index (κ2) is 11.9. The van der Waals surface area contributed by atoms with Crippen LogP contribution in [0.1, 0.15) is 91.5 Å². The summed E-state index contributed by atoms with van der Waals surface area (Å²) in [4.78, 5) is 0. The summed E-state index contributed by atoms with van der Waals surface area (Å²) in [5.41, 5.74) is 0.461. The average Bonchev–Trinajstić information content (AvgIpc) is 2.78. The molecule has 0 spiro atoms. The van der Waals surface area contributed by atoms with Crippen LogP contribution in [0.5, 0.6) is 5.75 Å². The highest BCUT2D eigenvalue weighted by molar-refractivity contribution is 7.54. The maximum atomic E-state index is 14.7. The molecule has 194 valence electrons. The largest absolute Gasteiger partial charge is 0.496 e. The lowest BCUT2D eigenvalue weighted by Gasteiger charge is -2.42. The van der Waals surface area contributed by atoms with Gasteiger partial charge in [-0.3, -0.25) is 4.57 Å². The van der Waals surface area contributed by atoms with Crippen molar-refractivity contribution in [3.63, 3.8) is 0 Å². The number of rotatable bonds is 9. The van der Waals surface area contributed by atoms with E-state index in [1.807, 2.05) is 12.1 Å². The third kappa shape index (κ3) is 6.46. The number of para-hydroxylation sites is 1. The molecule has 2 aliphatic rings. The van der Waals surface area contributed by atoms with Gasteiger partial charge in [-0.1, -0.05) is 72.6 Å². The number of aliphatic hydroxyl groups excluding tert-OH is 1. The number of hydrogen-bond donors (Lipinski definition) is 1.